The highest BCUT2D eigenvalue weighted by molar-refractivity contribution is 5.19. The summed E-state index contributed by atoms with van der Waals surface area (Å²) in [5, 5.41) is 0. The first-order valence-electron chi connectivity index (χ1n) is 5.48. The maximum atomic E-state index is 5.85. The summed E-state index contributed by atoms with van der Waals surface area (Å²) in [6.07, 6.45) is 0. The van der Waals surface area contributed by atoms with Crippen molar-refractivity contribution >= 4 is 0 Å². The number of ether oxygens (including phenoxy) is 1. The van der Waals surface area contributed by atoms with E-state index in [0.29, 0.717) is 12.6 Å². The Morgan fingerprint density at radius 3 is 2.47 bits per heavy atom. The van der Waals surface area contributed by atoms with Crippen LogP contribution in [0.5, 0.6) is 0 Å². The van der Waals surface area contributed by atoms with E-state index in [4.69, 9.17) is 10.5 Å². The summed E-state index contributed by atoms with van der Waals surface area (Å²) in [6, 6.07) is 10.8. The first kappa shape index (κ1) is 10.6. The fourth-order valence-electron chi connectivity index (χ4n) is 2.06. The monoisotopic (exact) mass is 206 g/mol. The number of benzene rings is 1. The molecule has 1 heterocycles. The number of morpholine rings is 1. The van der Waals surface area contributed by atoms with E-state index in [1.54, 1.807) is 0 Å². The number of hydrogen-bond donors (Lipinski definition) is 1. The Morgan fingerprint density at radius 1 is 1.20 bits per heavy atom. The maximum absolute atomic E-state index is 5.85. The SMILES string of the molecule is NC[C@@H](c1ccccc1)N1CCOCC1. The lowest BCUT2D eigenvalue weighted by molar-refractivity contribution is 0.0179. The average Bonchev–Trinajstić information content (AvgIpc) is 2.33. The summed E-state index contributed by atoms with van der Waals surface area (Å²) < 4.78 is 5.35. The van der Waals surface area contributed by atoms with Crippen molar-refractivity contribution in [2.75, 3.05) is 32.8 Å². The van der Waals surface area contributed by atoms with Crippen molar-refractivity contribution in [2.45, 2.75) is 6.04 Å². The van der Waals surface area contributed by atoms with Gasteiger partial charge in [0.1, 0.15) is 0 Å². The van der Waals surface area contributed by atoms with Gasteiger partial charge in [-0.15, -0.1) is 0 Å². The molecule has 0 amide bonds. The first-order chi connectivity index (χ1) is 7.42. The molecule has 0 spiro atoms. The van der Waals surface area contributed by atoms with Gasteiger partial charge in [0.25, 0.3) is 0 Å². The van der Waals surface area contributed by atoms with E-state index < -0.39 is 0 Å². The molecule has 1 aromatic carbocycles. The van der Waals surface area contributed by atoms with Gasteiger partial charge < -0.3 is 10.5 Å². The van der Waals surface area contributed by atoms with Crippen LogP contribution < -0.4 is 5.73 Å². The van der Waals surface area contributed by atoms with E-state index in [0.717, 1.165) is 26.3 Å². The highest BCUT2D eigenvalue weighted by Gasteiger charge is 2.20. The normalized spacial score (nSPS) is 20.1. The molecule has 1 fully saturated rings. The number of nitrogens with zero attached hydrogens (tertiary/aromatic N) is 1. The van der Waals surface area contributed by atoms with Crippen molar-refractivity contribution in [1.29, 1.82) is 0 Å². The van der Waals surface area contributed by atoms with Crippen LogP contribution in [0.25, 0.3) is 0 Å². The third-order valence-electron chi connectivity index (χ3n) is 2.89. The van der Waals surface area contributed by atoms with Crippen LogP contribution in [0.3, 0.4) is 0 Å². The van der Waals surface area contributed by atoms with E-state index in [1.165, 1.54) is 5.56 Å². The molecule has 0 aliphatic carbocycles. The average molecular weight is 206 g/mol. The van der Waals surface area contributed by atoms with Crippen LogP contribution in [0.2, 0.25) is 0 Å². The second kappa shape index (κ2) is 5.26. The molecule has 0 aromatic heterocycles. The molecule has 1 atom stereocenters. The Kier molecular flexibility index (Phi) is 3.72. The molecule has 0 bridgehead atoms. The Morgan fingerprint density at radius 2 is 1.87 bits per heavy atom. The molecule has 0 unspecified atom stereocenters. The molecule has 15 heavy (non-hydrogen) atoms. The number of nitrogens with two attached hydrogens (primary N) is 1. The third-order valence-corrected chi connectivity index (χ3v) is 2.89. The van der Waals surface area contributed by atoms with Gasteiger partial charge in [-0.1, -0.05) is 30.3 Å². The summed E-state index contributed by atoms with van der Waals surface area (Å²) in [4.78, 5) is 2.40. The van der Waals surface area contributed by atoms with Crippen molar-refractivity contribution < 1.29 is 4.74 Å². The van der Waals surface area contributed by atoms with Gasteiger partial charge in [-0.2, -0.15) is 0 Å². The molecular weight excluding hydrogens is 188 g/mol. The minimum Gasteiger partial charge on any atom is -0.379 e. The van der Waals surface area contributed by atoms with Gasteiger partial charge in [0.05, 0.1) is 13.2 Å². The van der Waals surface area contributed by atoms with Crippen LogP contribution in [0.1, 0.15) is 11.6 Å². The summed E-state index contributed by atoms with van der Waals surface area (Å²) in [6.45, 7) is 4.28. The summed E-state index contributed by atoms with van der Waals surface area (Å²) >= 11 is 0. The molecule has 82 valence electrons. The Labute approximate surface area is 90.8 Å². The van der Waals surface area contributed by atoms with Gasteiger partial charge in [0.2, 0.25) is 0 Å². The summed E-state index contributed by atoms with van der Waals surface area (Å²) in [5.41, 5.74) is 7.16. The molecule has 2 rings (SSSR count). The van der Waals surface area contributed by atoms with E-state index in [9.17, 15) is 0 Å². The van der Waals surface area contributed by atoms with Crippen LogP contribution in [-0.2, 0) is 4.74 Å². The van der Waals surface area contributed by atoms with E-state index >= 15 is 0 Å². The fourth-order valence-corrected chi connectivity index (χ4v) is 2.06. The summed E-state index contributed by atoms with van der Waals surface area (Å²) in [5.74, 6) is 0. The van der Waals surface area contributed by atoms with Gasteiger partial charge in [-0.3, -0.25) is 4.90 Å². The lowest BCUT2D eigenvalue weighted by Crippen LogP contribution is -2.41. The lowest BCUT2D eigenvalue weighted by Gasteiger charge is -2.34. The minimum absolute atomic E-state index is 0.343. The Bertz CT molecular complexity index is 283. The molecular formula is C12H18N2O. The van der Waals surface area contributed by atoms with Crippen LogP contribution in [0.15, 0.2) is 30.3 Å². The van der Waals surface area contributed by atoms with Gasteiger partial charge in [0, 0.05) is 25.7 Å². The Balaban J connectivity index is 2.09. The van der Waals surface area contributed by atoms with Gasteiger partial charge in [-0.05, 0) is 5.56 Å². The number of rotatable bonds is 3. The maximum Gasteiger partial charge on any atom is 0.0594 e. The largest absolute Gasteiger partial charge is 0.379 e. The van der Waals surface area contributed by atoms with E-state index in [1.807, 2.05) is 6.07 Å². The fraction of sp³-hybridized carbons (Fsp3) is 0.500. The first-order valence-corrected chi connectivity index (χ1v) is 5.48. The van der Waals surface area contributed by atoms with Gasteiger partial charge in [-0.25, -0.2) is 0 Å². The van der Waals surface area contributed by atoms with Gasteiger partial charge >= 0.3 is 0 Å². The molecule has 2 N–H and O–H groups in total. The molecule has 3 nitrogen and oxygen atoms in total. The zero-order valence-electron chi connectivity index (χ0n) is 8.93. The van der Waals surface area contributed by atoms with Crippen LogP contribution in [0.4, 0.5) is 0 Å². The second-order valence-electron chi connectivity index (χ2n) is 3.81. The lowest BCUT2D eigenvalue weighted by atomic mass is 10.1. The smallest absolute Gasteiger partial charge is 0.0594 e. The van der Waals surface area contributed by atoms with E-state index in [-0.39, 0.29) is 0 Å². The number of hydrogen-bond acceptors (Lipinski definition) is 3. The molecule has 3 heteroatoms. The van der Waals surface area contributed by atoms with Crippen LogP contribution in [-0.4, -0.2) is 37.7 Å². The quantitative estimate of drug-likeness (QED) is 0.802. The molecule has 1 aliphatic heterocycles. The summed E-state index contributed by atoms with van der Waals surface area (Å²) in [7, 11) is 0. The minimum atomic E-state index is 0.343. The Hall–Kier alpha value is -0.900. The molecule has 1 aliphatic rings. The molecule has 0 saturated carbocycles. The predicted octanol–water partition coefficient (Wildman–Crippen LogP) is 1.02. The zero-order valence-corrected chi connectivity index (χ0v) is 8.93. The van der Waals surface area contributed by atoms with Crippen LogP contribution in [0, 0.1) is 0 Å². The predicted molar refractivity (Wildman–Crippen MR) is 60.6 cm³/mol. The van der Waals surface area contributed by atoms with Crippen molar-refractivity contribution in [2.24, 2.45) is 5.73 Å². The standard InChI is InChI=1S/C12H18N2O/c13-10-12(11-4-2-1-3-5-11)14-6-8-15-9-7-14/h1-5,12H,6-10,13H2/t12-/m0/s1. The topological polar surface area (TPSA) is 38.5 Å². The van der Waals surface area contributed by atoms with Crippen molar-refractivity contribution in [3.63, 3.8) is 0 Å². The van der Waals surface area contributed by atoms with Crippen molar-refractivity contribution in [3.05, 3.63) is 35.9 Å². The molecule has 0 radical (unpaired) electrons. The third kappa shape index (κ3) is 2.56. The van der Waals surface area contributed by atoms with Gasteiger partial charge in [0.15, 0.2) is 0 Å². The van der Waals surface area contributed by atoms with E-state index in [2.05, 4.69) is 29.2 Å². The van der Waals surface area contributed by atoms with Crippen molar-refractivity contribution in [1.82, 2.24) is 4.90 Å². The zero-order chi connectivity index (χ0) is 10.5. The second-order valence-corrected chi connectivity index (χ2v) is 3.81. The molecule has 1 aromatic rings. The van der Waals surface area contributed by atoms with Crippen LogP contribution >= 0.6 is 0 Å². The highest BCUT2D eigenvalue weighted by atomic mass is 16.5. The molecule has 1 saturated heterocycles. The highest BCUT2D eigenvalue weighted by Crippen LogP contribution is 2.19. The van der Waals surface area contributed by atoms with Crippen molar-refractivity contribution in [3.8, 4) is 0 Å².